The molecule has 23 heavy (non-hydrogen) atoms. The topological polar surface area (TPSA) is 83.4 Å². The van der Waals surface area contributed by atoms with Crippen molar-refractivity contribution >= 4 is 11.8 Å². The second-order valence-corrected chi connectivity index (χ2v) is 5.59. The molecule has 0 aliphatic rings. The first-order valence-corrected chi connectivity index (χ1v) is 7.79. The Hall–Kier alpha value is -2.48. The van der Waals surface area contributed by atoms with Gasteiger partial charge < -0.3 is 18.4 Å². The molecule has 0 aliphatic carbocycles. The van der Waals surface area contributed by atoms with Crippen LogP contribution >= 0.6 is 11.8 Å². The molecule has 0 N–H and O–H groups in total. The van der Waals surface area contributed by atoms with E-state index in [1.165, 1.54) is 11.8 Å². The van der Waals surface area contributed by atoms with Gasteiger partial charge in [0.2, 0.25) is 5.89 Å². The van der Waals surface area contributed by atoms with Crippen molar-refractivity contribution in [2.45, 2.75) is 17.9 Å². The number of nitrogens with zero attached hydrogens (tertiary/aromatic N) is 3. The fourth-order valence-corrected chi connectivity index (χ4v) is 2.62. The van der Waals surface area contributed by atoms with E-state index in [0.717, 1.165) is 17.0 Å². The number of hydrogen-bond acceptors (Lipinski definition) is 8. The van der Waals surface area contributed by atoms with Gasteiger partial charge in [-0.15, -0.1) is 10.2 Å². The standard InChI is InChI=1S/C15H15N3O4S/c1-9-6-11(18-22-9)8-23-15-17-16-14(21-15)10-4-5-12(19-2)13(7-10)20-3/h4-7H,8H2,1-3H3. The molecule has 1 aromatic carbocycles. The zero-order chi connectivity index (χ0) is 16.2. The summed E-state index contributed by atoms with van der Waals surface area (Å²) in [6, 6.07) is 7.30. The van der Waals surface area contributed by atoms with Gasteiger partial charge in [0.25, 0.3) is 5.22 Å². The van der Waals surface area contributed by atoms with Gasteiger partial charge in [0.1, 0.15) is 5.76 Å². The normalized spacial score (nSPS) is 10.7. The van der Waals surface area contributed by atoms with E-state index >= 15 is 0 Å². The molecule has 0 atom stereocenters. The molecule has 0 fully saturated rings. The van der Waals surface area contributed by atoms with Crippen molar-refractivity contribution in [1.82, 2.24) is 15.4 Å². The van der Waals surface area contributed by atoms with E-state index in [-0.39, 0.29) is 0 Å². The number of rotatable bonds is 6. The molecule has 8 heteroatoms. The Morgan fingerprint density at radius 2 is 1.91 bits per heavy atom. The molecular weight excluding hydrogens is 318 g/mol. The average molecular weight is 333 g/mol. The molecule has 0 unspecified atom stereocenters. The van der Waals surface area contributed by atoms with Gasteiger partial charge in [-0.25, -0.2) is 0 Å². The molecule has 2 heterocycles. The molecule has 0 amide bonds. The van der Waals surface area contributed by atoms with E-state index in [2.05, 4.69) is 15.4 Å². The van der Waals surface area contributed by atoms with Crippen LogP contribution in [-0.2, 0) is 5.75 Å². The Kier molecular flexibility index (Phi) is 4.52. The molecule has 0 radical (unpaired) electrons. The van der Waals surface area contributed by atoms with Crippen molar-refractivity contribution in [2.75, 3.05) is 14.2 Å². The van der Waals surface area contributed by atoms with Crippen LogP contribution in [0.15, 0.2) is 38.4 Å². The van der Waals surface area contributed by atoms with Gasteiger partial charge in [0.05, 0.1) is 19.9 Å². The third kappa shape index (κ3) is 3.48. The predicted octanol–water partition coefficient (Wildman–Crippen LogP) is 3.34. The minimum Gasteiger partial charge on any atom is -0.493 e. The van der Waals surface area contributed by atoms with E-state index < -0.39 is 0 Å². The monoisotopic (exact) mass is 333 g/mol. The molecular formula is C15H15N3O4S. The van der Waals surface area contributed by atoms with Crippen LogP contribution in [0.1, 0.15) is 11.5 Å². The maximum Gasteiger partial charge on any atom is 0.277 e. The molecule has 0 bridgehead atoms. The molecule has 3 aromatic rings. The van der Waals surface area contributed by atoms with Crippen molar-refractivity contribution in [3.05, 3.63) is 35.7 Å². The lowest BCUT2D eigenvalue weighted by atomic mass is 10.2. The SMILES string of the molecule is COc1ccc(-c2nnc(SCc3cc(C)on3)o2)cc1OC. The fourth-order valence-electron chi connectivity index (χ4n) is 1.98. The maximum atomic E-state index is 5.66. The lowest BCUT2D eigenvalue weighted by molar-refractivity contribution is 0.355. The molecule has 0 aliphatic heterocycles. The van der Waals surface area contributed by atoms with E-state index in [9.17, 15) is 0 Å². The quantitative estimate of drug-likeness (QED) is 0.635. The summed E-state index contributed by atoms with van der Waals surface area (Å²) >= 11 is 1.40. The van der Waals surface area contributed by atoms with Crippen molar-refractivity contribution in [1.29, 1.82) is 0 Å². The molecule has 0 saturated heterocycles. The lowest BCUT2D eigenvalue weighted by Crippen LogP contribution is -1.90. The molecule has 0 saturated carbocycles. The highest BCUT2D eigenvalue weighted by Crippen LogP contribution is 2.33. The van der Waals surface area contributed by atoms with Gasteiger partial charge in [-0.2, -0.15) is 0 Å². The highest BCUT2D eigenvalue weighted by Gasteiger charge is 2.13. The number of thioether (sulfide) groups is 1. The molecule has 7 nitrogen and oxygen atoms in total. The number of benzene rings is 1. The number of ether oxygens (including phenoxy) is 2. The van der Waals surface area contributed by atoms with E-state index in [1.807, 2.05) is 19.1 Å². The van der Waals surface area contributed by atoms with Crippen molar-refractivity contribution < 1.29 is 18.4 Å². The summed E-state index contributed by atoms with van der Waals surface area (Å²) in [6.07, 6.45) is 0. The molecule has 120 valence electrons. The van der Waals surface area contributed by atoms with Gasteiger partial charge >= 0.3 is 0 Å². The summed E-state index contributed by atoms with van der Waals surface area (Å²) in [6.45, 7) is 1.85. The van der Waals surface area contributed by atoms with E-state index in [0.29, 0.717) is 28.4 Å². The van der Waals surface area contributed by atoms with Crippen molar-refractivity contribution in [3.8, 4) is 23.0 Å². The summed E-state index contributed by atoms with van der Waals surface area (Å²) in [5, 5.41) is 12.5. The van der Waals surface area contributed by atoms with Crippen LogP contribution in [0, 0.1) is 6.92 Å². The zero-order valence-corrected chi connectivity index (χ0v) is 13.7. The van der Waals surface area contributed by atoms with Crippen LogP contribution < -0.4 is 9.47 Å². The molecule has 2 aromatic heterocycles. The third-order valence-corrected chi connectivity index (χ3v) is 3.91. The second-order valence-electron chi connectivity index (χ2n) is 4.66. The van der Waals surface area contributed by atoms with Gasteiger partial charge in [0, 0.05) is 17.4 Å². The largest absolute Gasteiger partial charge is 0.493 e. The summed E-state index contributed by atoms with van der Waals surface area (Å²) < 4.78 is 21.2. The summed E-state index contributed by atoms with van der Waals surface area (Å²) in [7, 11) is 3.17. The zero-order valence-electron chi connectivity index (χ0n) is 12.9. The Balaban J connectivity index is 1.73. The average Bonchev–Trinajstić information content (AvgIpc) is 3.21. The summed E-state index contributed by atoms with van der Waals surface area (Å²) in [5.74, 6) is 3.05. The van der Waals surface area contributed by atoms with Crippen LogP contribution in [0.2, 0.25) is 0 Å². The highest BCUT2D eigenvalue weighted by molar-refractivity contribution is 7.98. The number of hydrogen-bond donors (Lipinski definition) is 0. The van der Waals surface area contributed by atoms with Gasteiger partial charge in [-0.3, -0.25) is 0 Å². The molecule has 0 spiro atoms. The smallest absolute Gasteiger partial charge is 0.277 e. The Morgan fingerprint density at radius 1 is 1.09 bits per heavy atom. The van der Waals surface area contributed by atoms with E-state index in [1.54, 1.807) is 26.4 Å². The molecule has 3 rings (SSSR count). The van der Waals surface area contributed by atoms with Gasteiger partial charge in [-0.05, 0) is 25.1 Å². The van der Waals surface area contributed by atoms with Crippen molar-refractivity contribution in [2.24, 2.45) is 0 Å². The predicted molar refractivity (Wildman–Crippen MR) is 83.6 cm³/mol. The maximum absolute atomic E-state index is 5.66. The first kappa shape index (κ1) is 15.4. The first-order valence-electron chi connectivity index (χ1n) is 6.80. The van der Waals surface area contributed by atoms with Crippen LogP contribution in [0.3, 0.4) is 0 Å². The second kappa shape index (κ2) is 6.74. The number of methoxy groups -OCH3 is 2. The van der Waals surface area contributed by atoms with Crippen LogP contribution in [0.5, 0.6) is 11.5 Å². The van der Waals surface area contributed by atoms with Gasteiger partial charge in [0.15, 0.2) is 11.5 Å². The minimum absolute atomic E-state index is 0.421. The fraction of sp³-hybridized carbons (Fsp3) is 0.267. The summed E-state index contributed by atoms with van der Waals surface area (Å²) in [5.41, 5.74) is 1.60. The number of aryl methyl sites for hydroxylation is 1. The Morgan fingerprint density at radius 3 is 2.61 bits per heavy atom. The highest BCUT2D eigenvalue weighted by atomic mass is 32.2. The third-order valence-electron chi connectivity index (χ3n) is 3.06. The first-order chi connectivity index (χ1) is 11.2. The lowest BCUT2D eigenvalue weighted by Gasteiger charge is -2.07. The van der Waals surface area contributed by atoms with Crippen LogP contribution in [0.25, 0.3) is 11.5 Å². The summed E-state index contributed by atoms with van der Waals surface area (Å²) in [4.78, 5) is 0. The Labute approximate surface area is 137 Å². The van der Waals surface area contributed by atoms with Crippen molar-refractivity contribution in [3.63, 3.8) is 0 Å². The minimum atomic E-state index is 0.421. The Bertz CT molecular complexity index is 800. The number of aromatic nitrogens is 3. The van der Waals surface area contributed by atoms with E-state index in [4.69, 9.17) is 18.4 Å². The van der Waals surface area contributed by atoms with Crippen LogP contribution in [0.4, 0.5) is 0 Å². The van der Waals surface area contributed by atoms with Gasteiger partial charge in [-0.1, -0.05) is 16.9 Å². The van der Waals surface area contributed by atoms with Crippen LogP contribution in [-0.4, -0.2) is 29.6 Å².